The molecule has 0 aliphatic heterocycles. The Kier molecular flexibility index (Phi) is 7.07. The molecule has 0 saturated heterocycles. The zero-order valence-electron chi connectivity index (χ0n) is 29.8. The number of hydrogen-bond acceptors (Lipinski definition) is 6. The van der Waals surface area contributed by atoms with Gasteiger partial charge in [-0.3, -0.25) is 0 Å². The van der Waals surface area contributed by atoms with Crippen LogP contribution < -0.4 is 0 Å². The first-order chi connectivity index (χ1) is 25.9. The molecular weight excluding hydrogens is 669 g/mol. The topological polar surface area (TPSA) is 64.7 Å². The van der Waals surface area contributed by atoms with E-state index >= 15 is 0 Å². The highest BCUT2D eigenvalue weighted by Gasteiger charge is 2.36. The van der Waals surface area contributed by atoms with Crippen molar-refractivity contribution in [1.29, 1.82) is 0 Å². The van der Waals surface area contributed by atoms with Crippen LogP contribution in [0.25, 0.3) is 94.3 Å². The lowest BCUT2D eigenvalue weighted by Crippen LogP contribution is -2.15. The average molecular weight is 703 g/mol. The second-order valence-corrected chi connectivity index (χ2v) is 15.3. The third-order valence-electron chi connectivity index (χ3n) is 10.9. The van der Waals surface area contributed by atoms with Crippen molar-refractivity contribution in [3.05, 3.63) is 149 Å². The zero-order chi connectivity index (χ0) is 35.8. The second-order valence-electron chi connectivity index (χ2n) is 14.3. The van der Waals surface area contributed by atoms with Crippen LogP contribution in [0.2, 0.25) is 0 Å². The van der Waals surface area contributed by atoms with Crippen LogP contribution >= 0.6 is 11.3 Å². The summed E-state index contributed by atoms with van der Waals surface area (Å²) in [5.74, 6) is 1.40. The van der Waals surface area contributed by atoms with Crippen LogP contribution in [0.1, 0.15) is 42.3 Å². The Balaban J connectivity index is 0.946. The monoisotopic (exact) mass is 702 g/mol. The van der Waals surface area contributed by atoms with Gasteiger partial charge in [0.25, 0.3) is 0 Å². The van der Waals surface area contributed by atoms with Gasteiger partial charge in [0.15, 0.2) is 11.6 Å². The summed E-state index contributed by atoms with van der Waals surface area (Å²) in [5, 5.41) is 3.43. The Labute approximate surface area is 311 Å². The van der Waals surface area contributed by atoms with Crippen molar-refractivity contribution in [2.75, 3.05) is 0 Å². The van der Waals surface area contributed by atoms with Gasteiger partial charge >= 0.3 is 0 Å². The predicted molar refractivity (Wildman–Crippen MR) is 219 cm³/mol. The summed E-state index contributed by atoms with van der Waals surface area (Å²) in [4.78, 5) is 20.7. The van der Waals surface area contributed by atoms with E-state index in [-0.39, 0.29) is 5.41 Å². The molecule has 4 heterocycles. The molecule has 10 rings (SSSR count). The molecule has 254 valence electrons. The summed E-state index contributed by atoms with van der Waals surface area (Å²) in [5.41, 5.74) is 14.0. The molecule has 0 bridgehead atoms. The van der Waals surface area contributed by atoms with Gasteiger partial charge in [-0.15, -0.1) is 11.3 Å². The Morgan fingerprint density at radius 2 is 1.15 bits per heavy atom. The molecule has 4 aromatic heterocycles. The van der Waals surface area contributed by atoms with E-state index in [9.17, 15) is 0 Å². The number of furan rings is 1. The summed E-state index contributed by atoms with van der Waals surface area (Å²) in [6, 6.07) is 34.2. The Bertz CT molecular complexity index is 2930. The molecule has 5 aromatic carbocycles. The van der Waals surface area contributed by atoms with E-state index in [4.69, 9.17) is 24.4 Å². The Morgan fingerprint density at radius 3 is 1.79 bits per heavy atom. The second kappa shape index (κ2) is 11.9. The molecule has 0 atom stereocenters. The van der Waals surface area contributed by atoms with Gasteiger partial charge in [0.05, 0.1) is 5.56 Å². The lowest BCUT2D eigenvalue weighted by Gasteiger charge is -2.22. The third kappa shape index (κ3) is 4.90. The molecule has 0 radical (unpaired) electrons. The number of para-hydroxylation sites is 2. The third-order valence-corrected chi connectivity index (χ3v) is 12.2. The average Bonchev–Trinajstić information content (AvgIpc) is 3.81. The maximum Gasteiger partial charge on any atom is 0.162 e. The molecule has 53 heavy (non-hydrogen) atoms. The molecule has 9 aromatic rings. The van der Waals surface area contributed by atoms with Crippen LogP contribution in [-0.4, -0.2) is 19.9 Å². The number of fused-ring (bicyclic) bond motifs is 7. The highest BCUT2D eigenvalue weighted by Crippen LogP contribution is 2.50. The molecule has 0 N–H and O–H groups in total. The minimum Gasteiger partial charge on any atom is -0.455 e. The van der Waals surface area contributed by atoms with Gasteiger partial charge in [-0.1, -0.05) is 86.7 Å². The number of aromatic nitrogens is 4. The number of aryl methyl sites for hydroxylation is 1. The fraction of sp³-hybridized carbons (Fsp3) is 0.106. The molecule has 0 spiro atoms. The largest absolute Gasteiger partial charge is 0.455 e. The van der Waals surface area contributed by atoms with Gasteiger partial charge in [0.1, 0.15) is 11.2 Å². The summed E-state index contributed by atoms with van der Waals surface area (Å²) < 4.78 is 7.48. The van der Waals surface area contributed by atoms with Gasteiger partial charge in [0, 0.05) is 67.2 Å². The van der Waals surface area contributed by atoms with Crippen molar-refractivity contribution in [2.45, 2.75) is 33.1 Å². The Hall–Kier alpha value is -6.24. The normalized spacial score (nSPS) is 13.4. The fourth-order valence-electron chi connectivity index (χ4n) is 8.00. The van der Waals surface area contributed by atoms with Crippen LogP contribution in [0.3, 0.4) is 0 Å². The van der Waals surface area contributed by atoms with Crippen molar-refractivity contribution in [1.82, 2.24) is 19.9 Å². The van der Waals surface area contributed by atoms with E-state index in [1.165, 1.54) is 42.8 Å². The number of allylic oxidation sites excluding steroid dienone is 1. The molecule has 0 unspecified atom stereocenters. The highest BCUT2D eigenvalue weighted by atomic mass is 32.1. The van der Waals surface area contributed by atoms with Crippen LogP contribution in [0, 0.1) is 6.92 Å². The van der Waals surface area contributed by atoms with E-state index in [0.717, 1.165) is 61.1 Å². The number of benzene rings is 5. The molecule has 5 nitrogen and oxygen atoms in total. The first kappa shape index (κ1) is 31.5. The Morgan fingerprint density at radius 1 is 0.585 bits per heavy atom. The molecular formula is C47H34N4OS. The molecule has 1 aliphatic rings. The summed E-state index contributed by atoms with van der Waals surface area (Å²) >= 11 is 1.80. The van der Waals surface area contributed by atoms with E-state index in [2.05, 4.69) is 107 Å². The number of hydrogen-bond donors (Lipinski definition) is 0. The van der Waals surface area contributed by atoms with Crippen molar-refractivity contribution in [3.63, 3.8) is 0 Å². The van der Waals surface area contributed by atoms with Gasteiger partial charge in [-0.2, -0.15) is 0 Å². The molecule has 0 amide bonds. The smallest absolute Gasteiger partial charge is 0.162 e. The quantitative estimate of drug-likeness (QED) is 0.179. The van der Waals surface area contributed by atoms with Crippen molar-refractivity contribution < 1.29 is 4.42 Å². The van der Waals surface area contributed by atoms with Gasteiger partial charge in [-0.05, 0) is 94.6 Å². The van der Waals surface area contributed by atoms with E-state index in [0.29, 0.717) is 5.82 Å². The summed E-state index contributed by atoms with van der Waals surface area (Å²) in [6.07, 6.45) is 12.0. The lowest BCUT2D eigenvalue weighted by atomic mass is 9.81. The van der Waals surface area contributed by atoms with Crippen molar-refractivity contribution in [3.8, 4) is 56.2 Å². The first-order valence-corrected chi connectivity index (χ1v) is 18.7. The number of nitrogens with zero attached hydrogens (tertiary/aromatic N) is 4. The molecule has 1 aliphatic carbocycles. The molecule has 0 fully saturated rings. The maximum atomic E-state index is 6.25. The summed E-state index contributed by atoms with van der Waals surface area (Å²) in [7, 11) is 0. The van der Waals surface area contributed by atoms with Crippen molar-refractivity contribution >= 4 is 49.4 Å². The van der Waals surface area contributed by atoms with Gasteiger partial charge < -0.3 is 4.42 Å². The van der Waals surface area contributed by atoms with Crippen LogP contribution in [0.4, 0.5) is 0 Å². The number of rotatable bonds is 5. The minimum atomic E-state index is -0.202. The fourth-order valence-corrected chi connectivity index (χ4v) is 9.29. The zero-order valence-corrected chi connectivity index (χ0v) is 30.6. The maximum absolute atomic E-state index is 6.25. The molecule has 6 heteroatoms. The van der Waals surface area contributed by atoms with Crippen LogP contribution in [0.5, 0.6) is 0 Å². The standard InChI is InChI=1S/C47H34N4OS/c1-5-10-42-27(2)32-12-8-15-38(44(32)53-42)46-50-25-31(26-51-46)29-18-20-34-33-19-17-28(21-39(33)47(3,4)40(34)22-29)30-23-48-45(49-24-30)37-14-9-13-36-35-11-6-7-16-41(35)52-43(36)37/h5-26H,1-4H3/b10-5-. The minimum absolute atomic E-state index is 0.202. The molecule has 0 saturated carbocycles. The SMILES string of the molecule is C/C=C\c1sc2c(-c3ncc(-c4ccc5c(c4)C(C)(C)c4cc(-c6cnc(-c7cccc8c7oc7ccccc78)nc6)ccc4-5)cn3)cccc2c1C. The summed E-state index contributed by atoms with van der Waals surface area (Å²) in [6.45, 7) is 8.87. The van der Waals surface area contributed by atoms with Crippen LogP contribution in [-0.2, 0) is 5.41 Å². The van der Waals surface area contributed by atoms with Crippen molar-refractivity contribution in [2.24, 2.45) is 0 Å². The predicted octanol–water partition coefficient (Wildman–Crippen LogP) is 12.7. The van der Waals surface area contributed by atoms with Gasteiger partial charge in [-0.25, -0.2) is 19.9 Å². The van der Waals surface area contributed by atoms with E-state index in [1.54, 1.807) is 11.3 Å². The van der Waals surface area contributed by atoms with E-state index in [1.807, 2.05) is 55.1 Å². The first-order valence-electron chi connectivity index (χ1n) is 17.9. The van der Waals surface area contributed by atoms with Crippen LogP contribution in [0.15, 0.2) is 132 Å². The highest BCUT2D eigenvalue weighted by molar-refractivity contribution is 7.20. The lowest BCUT2D eigenvalue weighted by molar-refractivity contribution is 0.661. The van der Waals surface area contributed by atoms with E-state index < -0.39 is 0 Å². The van der Waals surface area contributed by atoms with Gasteiger partial charge in [0.2, 0.25) is 0 Å². The number of thiophene rings is 1.